The first-order chi connectivity index (χ1) is 10.3. The average Bonchev–Trinajstić information content (AvgIpc) is 2.95. The Morgan fingerprint density at radius 1 is 1.43 bits per heavy atom. The fourth-order valence-electron chi connectivity index (χ4n) is 3.13. The Morgan fingerprint density at radius 2 is 2.29 bits per heavy atom. The average molecular weight is 355 g/mol. The summed E-state index contributed by atoms with van der Waals surface area (Å²) in [5.74, 6) is 0. The molecule has 3 nitrogen and oxygen atoms in total. The van der Waals surface area contributed by atoms with Gasteiger partial charge in [-0.2, -0.15) is 0 Å². The summed E-state index contributed by atoms with van der Waals surface area (Å²) in [7, 11) is 0. The van der Waals surface area contributed by atoms with Crippen molar-refractivity contribution in [1.29, 1.82) is 0 Å². The molecule has 1 aromatic rings. The SMILES string of the molecule is CCCNCc1ccc(Br)cc1N1CCCC1CCCO. The molecule has 1 saturated heterocycles. The van der Waals surface area contributed by atoms with Gasteiger partial charge in [0.25, 0.3) is 0 Å². The molecule has 0 aromatic heterocycles. The van der Waals surface area contributed by atoms with E-state index >= 15 is 0 Å². The van der Waals surface area contributed by atoms with E-state index in [1.807, 2.05) is 0 Å². The number of hydrogen-bond donors (Lipinski definition) is 2. The van der Waals surface area contributed by atoms with Crippen molar-refractivity contribution in [2.45, 2.75) is 51.6 Å². The number of aliphatic hydroxyl groups is 1. The van der Waals surface area contributed by atoms with E-state index in [9.17, 15) is 0 Å². The lowest BCUT2D eigenvalue weighted by molar-refractivity contribution is 0.279. The van der Waals surface area contributed by atoms with Gasteiger partial charge in [-0.3, -0.25) is 0 Å². The van der Waals surface area contributed by atoms with Crippen LogP contribution in [0.5, 0.6) is 0 Å². The summed E-state index contributed by atoms with van der Waals surface area (Å²) in [6, 6.07) is 7.19. The first-order valence-corrected chi connectivity index (χ1v) is 8.92. The lowest BCUT2D eigenvalue weighted by Crippen LogP contribution is -2.31. The molecule has 1 fully saturated rings. The van der Waals surface area contributed by atoms with E-state index in [0.29, 0.717) is 12.6 Å². The van der Waals surface area contributed by atoms with Crippen LogP contribution in [0.25, 0.3) is 0 Å². The summed E-state index contributed by atoms with van der Waals surface area (Å²) in [6.45, 7) is 5.62. The van der Waals surface area contributed by atoms with Crippen molar-refractivity contribution in [3.05, 3.63) is 28.2 Å². The van der Waals surface area contributed by atoms with E-state index in [2.05, 4.69) is 51.3 Å². The Bertz CT molecular complexity index is 439. The summed E-state index contributed by atoms with van der Waals surface area (Å²) in [5.41, 5.74) is 2.73. The van der Waals surface area contributed by atoms with Crippen molar-refractivity contribution in [1.82, 2.24) is 5.32 Å². The molecule has 1 aliphatic heterocycles. The number of hydrogen-bond acceptors (Lipinski definition) is 3. The molecule has 1 heterocycles. The number of nitrogens with one attached hydrogen (secondary N) is 1. The smallest absolute Gasteiger partial charge is 0.0431 e. The Labute approximate surface area is 136 Å². The highest BCUT2D eigenvalue weighted by molar-refractivity contribution is 9.10. The Kier molecular flexibility index (Phi) is 7.00. The maximum Gasteiger partial charge on any atom is 0.0431 e. The number of anilines is 1. The van der Waals surface area contributed by atoms with Gasteiger partial charge in [-0.1, -0.05) is 28.9 Å². The molecule has 0 aliphatic carbocycles. The molecule has 1 aromatic carbocycles. The van der Waals surface area contributed by atoms with E-state index in [1.165, 1.54) is 24.1 Å². The van der Waals surface area contributed by atoms with Crippen LogP contribution in [0.2, 0.25) is 0 Å². The number of benzene rings is 1. The van der Waals surface area contributed by atoms with Gasteiger partial charge in [0, 0.05) is 35.9 Å². The Hall–Kier alpha value is -0.580. The van der Waals surface area contributed by atoms with Crippen LogP contribution in [0.1, 0.15) is 44.6 Å². The third-order valence-electron chi connectivity index (χ3n) is 4.17. The number of halogens is 1. The van der Waals surface area contributed by atoms with Crippen molar-refractivity contribution in [3.63, 3.8) is 0 Å². The second kappa shape index (κ2) is 8.76. The van der Waals surface area contributed by atoms with Crippen LogP contribution < -0.4 is 10.2 Å². The molecule has 4 heteroatoms. The van der Waals surface area contributed by atoms with Gasteiger partial charge in [-0.05, 0) is 56.3 Å². The number of nitrogens with zero attached hydrogens (tertiary/aromatic N) is 1. The molecule has 1 unspecified atom stereocenters. The van der Waals surface area contributed by atoms with Crippen molar-refractivity contribution in [2.24, 2.45) is 0 Å². The molecule has 1 atom stereocenters. The van der Waals surface area contributed by atoms with Gasteiger partial charge in [0.2, 0.25) is 0 Å². The summed E-state index contributed by atoms with van der Waals surface area (Å²) < 4.78 is 1.14. The topological polar surface area (TPSA) is 35.5 Å². The van der Waals surface area contributed by atoms with E-state index < -0.39 is 0 Å². The monoisotopic (exact) mass is 354 g/mol. The molecule has 21 heavy (non-hydrogen) atoms. The molecule has 0 bridgehead atoms. The van der Waals surface area contributed by atoms with Gasteiger partial charge >= 0.3 is 0 Å². The summed E-state index contributed by atoms with van der Waals surface area (Å²) in [4.78, 5) is 2.55. The van der Waals surface area contributed by atoms with Crippen LogP contribution >= 0.6 is 15.9 Å². The lowest BCUT2D eigenvalue weighted by atomic mass is 10.1. The molecule has 0 amide bonds. The third kappa shape index (κ3) is 4.70. The molecule has 0 spiro atoms. The molecule has 2 rings (SSSR count). The van der Waals surface area contributed by atoms with Crippen molar-refractivity contribution >= 4 is 21.6 Å². The minimum Gasteiger partial charge on any atom is -0.396 e. The second-order valence-electron chi connectivity index (χ2n) is 5.81. The van der Waals surface area contributed by atoms with Gasteiger partial charge < -0.3 is 15.3 Å². The Morgan fingerprint density at radius 3 is 3.05 bits per heavy atom. The Balaban J connectivity index is 2.13. The van der Waals surface area contributed by atoms with Gasteiger partial charge in [-0.15, -0.1) is 0 Å². The number of rotatable bonds is 8. The van der Waals surface area contributed by atoms with Crippen LogP contribution in [0.3, 0.4) is 0 Å². The third-order valence-corrected chi connectivity index (χ3v) is 4.66. The number of aliphatic hydroxyl groups excluding tert-OH is 1. The molecule has 1 aliphatic rings. The standard InChI is InChI=1S/C17H27BrN2O/c1-2-9-19-13-14-7-8-15(18)12-17(14)20-10-3-5-16(20)6-4-11-21/h7-8,12,16,19,21H,2-6,9-11,13H2,1H3. The van der Waals surface area contributed by atoms with Crippen LogP contribution in [0, 0.1) is 0 Å². The van der Waals surface area contributed by atoms with E-state index in [1.54, 1.807) is 0 Å². The van der Waals surface area contributed by atoms with Crippen LogP contribution in [-0.4, -0.2) is 30.8 Å². The lowest BCUT2D eigenvalue weighted by Gasteiger charge is -2.29. The molecule has 0 saturated carbocycles. The van der Waals surface area contributed by atoms with Crippen LogP contribution in [0.15, 0.2) is 22.7 Å². The van der Waals surface area contributed by atoms with Crippen LogP contribution in [0.4, 0.5) is 5.69 Å². The predicted octanol–water partition coefficient (Wildman–Crippen LogP) is 3.69. The largest absolute Gasteiger partial charge is 0.396 e. The zero-order valence-corrected chi connectivity index (χ0v) is 14.5. The van der Waals surface area contributed by atoms with Crippen molar-refractivity contribution in [2.75, 3.05) is 24.6 Å². The zero-order valence-electron chi connectivity index (χ0n) is 12.9. The van der Waals surface area contributed by atoms with Gasteiger partial charge in [0.15, 0.2) is 0 Å². The quantitative estimate of drug-likeness (QED) is 0.698. The fourth-order valence-corrected chi connectivity index (χ4v) is 3.48. The van der Waals surface area contributed by atoms with Crippen LogP contribution in [-0.2, 0) is 6.54 Å². The highest BCUT2D eigenvalue weighted by Crippen LogP contribution is 2.32. The molecular formula is C17H27BrN2O. The highest BCUT2D eigenvalue weighted by Gasteiger charge is 2.25. The van der Waals surface area contributed by atoms with Gasteiger partial charge in [0.05, 0.1) is 0 Å². The molecule has 118 valence electrons. The van der Waals surface area contributed by atoms with E-state index in [-0.39, 0.29) is 0 Å². The maximum atomic E-state index is 9.09. The minimum atomic E-state index is 0.299. The predicted molar refractivity (Wildman–Crippen MR) is 92.8 cm³/mol. The first-order valence-electron chi connectivity index (χ1n) is 8.13. The second-order valence-corrected chi connectivity index (χ2v) is 6.72. The first kappa shape index (κ1) is 16.8. The summed E-state index contributed by atoms with van der Waals surface area (Å²) in [5, 5.41) is 12.6. The maximum absolute atomic E-state index is 9.09. The van der Waals surface area contributed by atoms with Gasteiger partial charge in [0.1, 0.15) is 0 Å². The molecule has 0 radical (unpaired) electrons. The fraction of sp³-hybridized carbons (Fsp3) is 0.647. The van der Waals surface area contributed by atoms with Crippen molar-refractivity contribution < 1.29 is 5.11 Å². The van der Waals surface area contributed by atoms with E-state index in [0.717, 1.165) is 43.4 Å². The zero-order chi connectivity index (χ0) is 15.1. The highest BCUT2D eigenvalue weighted by atomic mass is 79.9. The van der Waals surface area contributed by atoms with Crippen molar-refractivity contribution in [3.8, 4) is 0 Å². The molecular weight excluding hydrogens is 328 g/mol. The minimum absolute atomic E-state index is 0.299. The summed E-state index contributed by atoms with van der Waals surface area (Å²) >= 11 is 3.61. The van der Waals surface area contributed by atoms with E-state index in [4.69, 9.17) is 5.11 Å². The summed E-state index contributed by atoms with van der Waals surface area (Å²) in [6.07, 6.45) is 5.65. The normalized spacial score (nSPS) is 18.4. The van der Waals surface area contributed by atoms with Gasteiger partial charge in [-0.25, -0.2) is 0 Å². The molecule has 2 N–H and O–H groups in total.